The quantitative estimate of drug-likeness (QED) is 0.742. The maximum Gasteiger partial charge on any atom is 0.254 e. The number of methoxy groups -OCH3 is 1. The van der Waals surface area contributed by atoms with Crippen molar-refractivity contribution in [2.24, 2.45) is 0 Å². The Morgan fingerprint density at radius 1 is 1.36 bits per heavy atom. The highest BCUT2D eigenvalue weighted by atomic mass is 35.5. The number of aromatic nitrogens is 2. The van der Waals surface area contributed by atoms with Gasteiger partial charge in [0.25, 0.3) is 5.56 Å². The van der Waals surface area contributed by atoms with Gasteiger partial charge in [0.05, 0.1) is 29.7 Å². The molecule has 0 radical (unpaired) electrons. The summed E-state index contributed by atoms with van der Waals surface area (Å²) in [5.41, 5.74) is 0.732. The topological polar surface area (TPSA) is 73.2 Å². The highest BCUT2D eigenvalue weighted by Crippen LogP contribution is 2.27. The van der Waals surface area contributed by atoms with E-state index in [2.05, 4.69) is 10.3 Å². The first-order valence-corrected chi connectivity index (χ1v) is 8.56. The molecule has 0 aliphatic carbocycles. The van der Waals surface area contributed by atoms with Crippen LogP contribution in [0.2, 0.25) is 5.02 Å². The Kier molecular flexibility index (Phi) is 5.16. The monoisotopic (exact) mass is 375 g/mol. The number of benzene rings is 1. The summed E-state index contributed by atoms with van der Waals surface area (Å²) in [5.74, 6) is 0.101. The van der Waals surface area contributed by atoms with E-state index in [9.17, 15) is 9.59 Å². The van der Waals surface area contributed by atoms with Gasteiger partial charge in [0.2, 0.25) is 5.91 Å². The average molecular weight is 376 g/mol. The molecule has 2 heterocycles. The lowest BCUT2D eigenvalue weighted by atomic mass is 10.3. The number of rotatable bonds is 5. The fraction of sp³-hybridized carbons (Fsp3) is 0.118. The fourth-order valence-corrected chi connectivity index (χ4v) is 3.09. The second-order valence-electron chi connectivity index (χ2n) is 5.11. The lowest BCUT2D eigenvalue weighted by molar-refractivity contribution is -0.116. The van der Waals surface area contributed by atoms with Crippen molar-refractivity contribution in [3.8, 4) is 16.3 Å². The summed E-state index contributed by atoms with van der Waals surface area (Å²) >= 11 is 7.43. The molecule has 0 spiro atoms. The van der Waals surface area contributed by atoms with Crippen molar-refractivity contribution in [2.75, 3.05) is 12.4 Å². The molecule has 1 N–H and O–H groups in total. The first-order valence-electron chi connectivity index (χ1n) is 7.30. The predicted molar refractivity (Wildman–Crippen MR) is 98.4 cm³/mol. The molecule has 3 aromatic rings. The van der Waals surface area contributed by atoms with Crippen LogP contribution in [0.5, 0.6) is 5.75 Å². The molecule has 0 atom stereocenters. The van der Waals surface area contributed by atoms with Crippen LogP contribution in [0.25, 0.3) is 10.6 Å². The van der Waals surface area contributed by atoms with Gasteiger partial charge in [-0.15, -0.1) is 11.3 Å². The molecular weight excluding hydrogens is 362 g/mol. The normalized spacial score (nSPS) is 10.5. The van der Waals surface area contributed by atoms with E-state index in [0.29, 0.717) is 22.2 Å². The van der Waals surface area contributed by atoms with E-state index in [4.69, 9.17) is 16.3 Å². The van der Waals surface area contributed by atoms with Crippen molar-refractivity contribution in [3.05, 3.63) is 63.5 Å². The number of nitrogens with one attached hydrogen (secondary N) is 1. The SMILES string of the molecule is COc1ccc(Cl)cc1NC(=O)Cn1cnc(-c2cccs2)cc1=O. The van der Waals surface area contributed by atoms with Crippen LogP contribution in [0.1, 0.15) is 0 Å². The molecule has 3 rings (SSSR count). The molecule has 0 unspecified atom stereocenters. The van der Waals surface area contributed by atoms with Crippen LogP contribution in [0.4, 0.5) is 5.69 Å². The van der Waals surface area contributed by atoms with Crippen molar-refractivity contribution >= 4 is 34.5 Å². The van der Waals surface area contributed by atoms with E-state index >= 15 is 0 Å². The van der Waals surface area contributed by atoms with Gasteiger partial charge in [0.1, 0.15) is 12.3 Å². The van der Waals surface area contributed by atoms with Gasteiger partial charge in [-0.1, -0.05) is 17.7 Å². The second kappa shape index (κ2) is 7.50. The second-order valence-corrected chi connectivity index (χ2v) is 6.49. The summed E-state index contributed by atoms with van der Waals surface area (Å²) in [7, 11) is 1.50. The summed E-state index contributed by atoms with van der Waals surface area (Å²) in [5, 5.41) is 5.07. The lowest BCUT2D eigenvalue weighted by Gasteiger charge is -2.11. The molecule has 0 saturated heterocycles. The van der Waals surface area contributed by atoms with Crippen LogP contribution in [-0.2, 0) is 11.3 Å². The van der Waals surface area contributed by atoms with Gasteiger partial charge < -0.3 is 10.1 Å². The molecule has 2 aromatic heterocycles. The van der Waals surface area contributed by atoms with Gasteiger partial charge in [-0.05, 0) is 29.6 Å². The molecule has 0 bridgehead atoms. The smallest absolute Gasteiger partial charge is 0.254 e. The molecule has 8 heteroatoms. The van der Waals surface area contributed by atoms with Crippen LogP contribution in [0.15, 0.2) is 52.9 Å². The number of nitrogens with zero attached hydrogens (tertiary/aromatic N) is 2. The predicted octanol–water partition coefficient (Wildman–Crippen LogP) is 3.27. The Morgan fingerprint density at radius 2 is 2.20 bits per heavy atom. The number of carbonyl (C=O) groups is 1. The van der Waals surface area contributed by atoms with Crippen molar-refractivity contribution < 1.29 is 9.53 Å². The van der Waals surface area contributed by atoms with E-state index in [0.717, 1.165) is 4.88 Å². The van der Waals surface area contributed by atoms with E-state index in [1.165, 1.54) is 35.4 Å². The number of anilines is 1. The van der Waals surface area contributed by atoms with Crippen LogP contribution in [0, 0.1) is 0 Å². The van der Waals surface area contributed by atoms with E-state index < -0.39 is 0 Å². The summed E-state index contributed by atoms with van der Waals surface area (Å²) in [6.07, 6.45) is 1.37. The highest BCUT2D eigenvalue weighted by molar-refractivity contribution is 7.13. The minimum Gasteiger partial charge on any atom is -0.495 e. The average Bonchev–Trinajstić information content (AvgIpc) is 3.11. The molecule has 1 amide bonds. The Balaban J connectivity index is 1.75. The molecule has 6 nitrogen and oxygen atoms in total. The number of halogens is 1. The van der Waals surface area contributed by atoms with Gasteiger partial charge in [-0.2, -0.15) is 0 Å². The van der Waals surface area contributed by atoms with E-state index in [1.807, 2.05) is 17.5 Å². The van der Waals surface area contributed by atoms with Crippen LogP contribution in [-0.4, -0.2) is 22.6 Å². The zero-order valence-corrected chi connectivity index (χ0v) is 14.8. The third-order valence-corrected chi connectivity index (χ3v) is 4.53. The number of ether oxygens (including phenoxy) is 1. The molecule has 0 aliphatic heterocycles. The number of thiophene rings is 1. The first-order chi connectivity index (χ1) is 12.1. The molecule has 1 aromatic carbocycles. The molecular formula is C17H14ClN3O3S. The third kappa shape index (κ3) is 4.07. The number of amides is 1. The van der Waals surface area contributed by atoms with E-state index in [-0.39, 0.29) is 18.0 Å². The maximum atomic E-state index is 12.2. The van der Waals surface area contributed by atoms with Crippen molar-refractivity contribution in [2.45, 2.75) is 6.54 Å². The van der Waals surface area contributed by atoms with Crippen molar-refractivity contribution in [1.29, 1.82) is 0 Å². The fourth-order valence-electron chi connectivity index (χ4n) is 2.23. The van der Waals surface area contributed by atoms with Gasteiger partial charge >= 0.3 is 0 Å². The molecule has 25 heavy (non-hydrogen) atoms. The molecule has 128 valence electrons. The Morgan fingerprint density at radius 3 is 2.88 bits per heavy atom. The molecule has 0 saturated carbocycles. The lowest BCUT2D eigenvalue weighted by Crippen LogP contribution is -2.27. The van der Waals surface area contributed by atoms with Crippen molar-refractivity contribution in [1.82, 2.24) is 9.55 Å². The van der Waals surface area contributed by atoms with Crippen molar-refractivity contribution in [3.63, 3.8) is 0 Å². The van der Waals surface area contributed by atoms with Gasteiger partial charge in [-0.25, -0.2) is 4.98 Å². The van der Waals surface area contributed by atoms with Gasteiger partial charge in [0, 0.05) is 11.1 Å². The first kappa shape index (κ1) is 17.2. The van der Waals surface area contributed by atoms with Gasteiger partial charge in [0.15, 0.2) is 0 Å². The Bertz CT molecular complexity index is 954. The third-order valence-electron chi connectivity index (χ3n) is 3.40. The summed E-state index contributed by atoms with van der Waals surface area (Å²) < 4.78 is 6.42. The van der Waals surface area contributed by atoms with E-state index in [1.54, 1.807) is 18.2 Å². The maximum absolute atomic E-state index is 12.2. The minimum atomic E-state index is -0.381. The van der Waals surface area contributed by atoms with Crippen LogP contribution in [0.3, 0.4) is 0 Å². The number of hydrogen-bond donors (Lipinski definition) is 1. The largest absolute Gasteiger partial charge is 0.495 e. The Labute approximate surface area is 152 Å². The minimum absolute atomic E-state index is 0.160. The summed E-state index contributed by atoms with van der Waals surface area (Å²) in [6.45, 7) is -0.160. The number of hydrogen-bond acceptors (Lipinski definition) is 5. The Hall–Kier alpha value is -2.64. The molecule has 0 aliphatic rings. The highest BCUT2D eigenvalue weighted by Gasteiger charge is 2.11. The van der Waals surface area contributed by atoms with Gasteiger partial charge in [-0.3, -0.25) is 14.2 Å². The standard InChI is InChI=1S/C17H14ClN3O3S/c1-24-14-5-4-11(18)7-12(14)20-16(22)9-21-10-19-13(8-17(21)23)15-3-2-6-25-15/h2-8,10H,9H2,1H3,(H,20,22). The molecule has 0 fully saturated rings. The number of carbonyl (C=O) groups excluding carboxylic acids is 1. The summed E-state index contributed by atoms with van der Waals surface area (Å²) in [4.78, 5) is 29.6. The summed E-state index contributed by atoms with van der Waals surface area (Å²) in [6, 6.07) is 10.1. The zero-order chi connectivity index (χ0) is 17.8. The zero-order valence-electron chi connectivity index (χ0n) is 13.2. The van der Waals surface area contributed by atoms with Crippen LogP contribution < -0.4 is 15.6 Å². The van der Waals surface area contributed by atoms with Crippen LogP contribution >= 0.6 is 22.9 Å².